The molecule has 2 heterocycles. The average molecular weight is 390 g/mol. The zero-order chi connectivity index (χ0) is 15.8. The standard InChI is InChI=1S/C17H16BrN3OS/c18-11-8-13(17(22)20-16-6-3-7-23-16)14-10-19-21(15(14)9-11)12-4-1-2-5-12/h3,6-10,12H,1-2,4-5H2,(H,20,22). The molecule has 1 aromatic carbocycles. The second-order valence-corrected chi connectivity index (χ2v) is 7.71. The van der Waals surface area contributed by atoms with Gasteiger partial charge in [0.1, 0.15) is 0 Å². The van der Waals surface area contributed by atoms with E-state index in [2.05, 4.69) is 37.1 Å². The summed E-state index contributed by atoms with van der Waals surface area (Å²) in [4.78, 5) is 12.6. The number of aromatic nitrogens is 2. The third-order valence-corrected chi connectivity index (χ3v) is 5.60. The predicted molar refractivity (Wildman–Crippen MR) is 97.2 cm³/mol. The fraction of sp³-hybridized carbons (Fsp3) is 0.294. The first-order valence-electron chi connectivity index (χ1n) is 7.74. The molecule has 1 aliphatic carbocycles. The zero-order valence-corrected chi connectivity index (χ0v) is 14.9. The number of anilines is 1. The number of hydrogen-bond acceptors (Lipinski definition) is 3. The third-order valence-electron chi connectivity index (χ3n) is 4.35. The van der Waals surface area contributed by atoms with Crippen molar-refractivity contribution in [2.45, 2.75) is 31.7 Å². The van der Waals surface area contributed by atoms with E-state index in [1.807, 2.05) is 29.8 Å². The van der Waals surface area contributed by atoms with Crippen molar-refractivity contribution in [1.82, 2.24) is 9.78 Å². The van der Waals surface area contributed by atoms with Gasteiger partial charge in [-0.2, -0.15) is 5.10 Å². The Hall–Kier alpha value is -1.66. The summed E-state index contributed by atoms with van der Waals surface area (Å²) < 4.78 is 3.00. The molecular weight excluding hydrogens is 374 g/mol. The maximum Gasteiger partial charge on any atom is 0.257 e. The molecule has 2 aromatic heterocycles. The molecule has 3 aromatic rings. The van der Waals surface area contributed by atoms with Crippen LogP contribution in [0.3, 0.4) is 0 Å². The van der Waals surface area contributed by atoms with Gasteiger partial charge in [0.25, 0.3) is 5.91 Å². The highest BCUT2D eigenvalue weighted by Gasteiger charge is 2.22. The van der Waals surface area contributed by atoms with Crippen LogP contribution in [0.5, 0.6) is 0 Å². The Kier molecular flexibility index (Phi) is 3.95. The second kappa shape index (κ2) is 6.09. The van der Waals surface area contributed by atoms with Gasteiger partial charge >= 0.3 is 0 Å². The first-order valence-corrected chi connectivity index (χ1v) is 9.41. The average Bonchev–Trinajstić information content (AvgIpc) is 3.26. The molecule has 23 heavy (non-hydrogen) atoms. The smallest absolute Gasteiger partial charge is 0.257 e. The molecular formula is C17H16BrN3OS. The van der Waals surface area contributed by atoms with Crippen molar-refractivity contribution in [1.29, 1.82) is 0 Å². The lowest BCUT2D eigenvalue weighted by atomic mass is 10.1. The van der Waals surface area contributed by atoms with Crippen molar-refractivity contribution < 1.29 is 4.79 Å². The molecule has 1 fully saturated rings. The summed E-state index contributed by atoms with van der Waals surface area (Å²) in [6, 6.07) is 8.21. The minimum absolute atomic E-state index is 0.0929. The van der Waals surface area contributed by atoms with Crippen LogP contribution in [0.1, 0.15) is 42.1 Å². The lowest BCUT2D eigenvalue weighted by Crippen LogP contribution is -2.11. The number of thiophene rings is 1. The van der Waals surface area contributed by atoms with Gasteiger partial charge in [0, 0.05) is 9.86 Å². The van der Waals surface area contributed by atoms with Crippen molar-refractivity contribution in [2.24, 2.45) is 0 Å². The number of benzene rings is 1. The molecule has 4 rings (SSSR count). The molecule has 1 amide bonds. The summed E-state index contributed by atoms with van der Waals surface area (Å²) >= 11 is 5.06. The van der Waals surface area contributed by atoms with Crippen LogP contribution in [0.4, 0.5) is 5.00 Å². The molecule has 1 aliphatic rings. The van der Waals surface area contributed by atoms with Gasteiger partial charge in [-0.1, -0.05) is 28.8 Å². The fourth-order valence-electron chi connectivity index (χ4n) is 3.27. The minimum Gasteiger partial charge on any atom is -0.314 e. The monoisotopic (exact) mass is 389 g/mol. The van der Waals surface area contributed by atoms with E-state index >= 15 is 0 Å². The topological polar surface area (TPSA) is 46.9 Å². The summed E-state index contributed by atoms with van der Waals surface area (Å²) in [5.41, 5.74) is 1.69. The Labute approximate surface area is 146 Å². The highest BCUT2D eigenvalue weighted by Crippen LogP contribution is 2.34. The van der Waals surface area contributed by atoms with E-state index in [9.17, 15) is 4.79 Å². The van der Waals surface area contributed by atoms with Gasteiger partial charge in [0.05, 0.1) is 28.3 Å². The molecule has 0 unspecified atom stereocenters. The van der Waals surface area contributed by atoms with Crippen LogP contribution < -0.4 is 5.32 Å². The Morgan fingerprint density at radius 3 is 2.91 bits per heavy atom. The van der Waals surface area contributed by atoms with Gasteiger partial charge in [-0.15, -0.1) is 11.3 Å². The molecule has 0 spiro atoms. The van der Waals surface area contributed by atoms with Crippen molar-refractivity contribution >= 4 is 49.1 Å². The van der Waals surface area contributed by atoms with Crippen molar-refractivity contribution in [3.05, 3.63) is 45.9 Å². The van der Waals surface area contributed by atoms with Crippen LogP contribution in [0.15, 0.2) is 40.3 Å². The lowest BCUT2D eigenvalue weighted by molar-refractivity contribution is 0.102. The van der Waals surface area contributed by atoms with Crippen molar-refractivity contribution in [3.63, 3.8) is 0 Å². The Bertz CT molecular complexity index is 850. The van der Waals surface area contributed by atoms with Gasteiger partial charge in [0.15, 0.2) is 0 Å². The normalized spacial score (nSPS) is 15.3. The molecule has 1 saturated carbocycles. The fourth-order valence-corrected chi connectivity index (χ4v) is 4.33. The number of amides is 1. The van der Waals surface area contributed by atoms with Crippen LogP contribution in [0.25, 0.3) is 10.9 Å². The van der Waals surface area contributed by atoms with Crippen LogP contribution in [-0.2, 0) is 0 Å². The maximum atomic E-state index is 12.6. The summed E-state index contributed by atoms with van der Waals surface area (Å²) in [5, 5.41) is 11.2. The number of fused-ring (bicyclic) bond motifs is 1. The molecule has 1 N–H and O–H groups in total. The van der Waals surface area contributed by atoms with Gasteiger partial charge in [-0.3, -0.25) is 9.48 Å². The lowest BCUT2D eigenvalue weighted by Gasteiger charge is -2.12. The van der Waals surface area contributed by atoms with Gasteiger partial charge in [-0.25, -0.2) is 0 Å². The number of carbonyl (C=O) groups is 1. The largest absolute Gasteiger partial charge is 0.314 e. The molecule has 0 aliphatic heterocycles. The quantitative estimate of drug-likeness (QED) is 0.666. The first-order chi connectivity index (χ1) is 11.2. The highest BCUT2D eigenvalue weighted by molar-refractivity contribution is 9.10. The van der Waals surface area contributed by atoms with E-state index in [0.29, 0.717) is 11.6 Å². The number of nitrogens with zero attached hydrogens (tertiary/aromatic N) is 2. The van der Waals surface area contributed by atoms with Gasteiger partial charge in [-0.05, 0) is 42.5 Å². The van der Waals surface area contributed by atoms with E-state index < -0.39 is 0 Å². The SMILES string of the molecule is O=C(Nc1cccs1)c1cc(Br)cc2c1cnn2C1CCCC1. The summed E-state index contributed by atoms with van der Waals surface area (Å²) in [7, 11) is 0. The van der Waals surface area contributed by atoms with E-state index in [-0.39, 0.29) is 5.91 Å². The molecule has 0 bridgehead atoms. The summed E-state index contributed by atoms with van der Waals surface area (Å²) in [6.45, 7) is 0. The molecule has 6 heteroatoms. The Morgan fingerprint density at radius 1 is 1.35 bits per heavy atom. The van der Waals surface area contributed by atoms with Crippen molar-refractivity contribution in [2.75, 3.05) is 5.32 Å². The first kappa shape index (κ1) is 14.9. The van der Waals surface area contributed by atoms with Gasteiger partial charge in [0.2, 0.25) is 0 Å². The Balaban J connectivity index is 1.76. The molecule has 0 saturated heterocycles. The minimum atomic E-state index is -0.0929. The van der Waals surface area contributed by atoms with Crippen LogP contribution >= 0.6 is 27.3 Å². The van der Waals surface area contributed by atoms with Crippen LogP contribution in [0, 0.1) is 0 Å². The number of nitrogens with one attached hydrogen (secondary N) is 1. The Morgan fingerprint density at radius 2 is 2.17 bits per heavy atom. The number of hydrogen-bond donors (Lipinski definition) is 1. The molecule has 118 valence electrons. The van der Waals surface area contributed by atoms with E-state index in [1.54, 1.807) is 0 Å². The van der Waals surface area contributed by atoms with E-state index in [0.717, 1.165) is 20.4 Å². The summed E-state index contributed by atoms with van der Waals surface area (Å²) in [6.07, 6.45) is 6.67. The van der Waals surface area contributed by atoms with Gasteiger partial charge < -0.3 is 5.32 Å². The number of rotatable bonds is 3. The second-order valence-electron chi connectivity index (χ2n) is 5.84. The number of carbonyl (C=O) groups excluding carboxylic acids is 1. The van der Waals surface area contributed by atoms with E-state index in [1.165, 1.54) is 37.0 Å². The molecule has 0 atom stereocenters. The maximum absolute atomic E-state index is 12.6. The molecule has 4 nitrogen and oxygen atoms in total. The predicted octanol–water partition coefficient (Wildman–Crippen LogP) is 5.23. The third kappa shape index (κ3) is 2.81. The van der Waals surface area contributed by atoms with Crippen LogP contribution in [-0.4, -0.2) is 15.7 Å². The van der Waals surface area contributed by atoms with E-state index in [4.69, 9.17) is 0 Å². The molecule has 0 radical (unpaired) electrons. The van der Waals surface area contributed by atoms with Crippen molar-refractivity contribution in [3.8, 4) is 0 Å². The zero-order valence-electron chi connectivity index (χ0n) is 12.5. The highest BCUT2D eigenvalue weighted by atomic mass is 79.9. The number of halogens is 1. The van der Waals surface area contributed by atoms with Crippen LogP contribution in [0.2, 0.25) is 0 Å². The summed E-state index contributed by atoms with van der Waals surface area (Å²) in [5.74, 6) is -0.0929.